The van der Waals surface area contributed by atoms with E-state index in [-0.39, 0.29) is 17.6 Å². The lowest BCUT2D eigenvalue weighted by Gasteiger charge is -2.31. The van der Waals surface area contributed by atoms with Crippen LogP contribution in [0.4, 0.5) is 4.79 Å². The van der Waals surface area contributed by atoms with E-state index in [0.717, 1.165) is 0 Å². The van der Waals surface area contributed by atoms with Crippen LogP contribution in [-0.2, 0) is 14.3 Å². The number of alkyl carbamates (subject to hydrolysis) is 1. The number of hydrogen-bond acceptors (Lipinski definition) is 7. The molecule has 4 N–H and O–H groups in total. The highest BCUT2D eigenvalue weighted by molar-refractivity contribution is 7.99. The van der Waals surface area contributed by atoms with Crippen molar-refractivity contribution in [2.24, 2.45) is 17.8 Å². The minimum Gasteiger partial charge on any atom is -0.481 e. The number of rotatable bonds is 5. The van der Waals surface area contributed by atoms with Gasteiger partial charge in [-0.2, -0.15) is 10.3 Å². The molecule has 1 amide bonds. The second kappa shape index (κ2) is 6.15. The van der Waals surface area contributed by atoms with Crippen LogP contribution in [0.15, 0.2) is 11.2 Å². The number of carboxylic acid groups (broad SMARTS) is 2. The van der Waals surface area contributed by atoms with Gasteiger partial charge in [-0.3, -0.25) is 4.79 Å². The van der Waals surface area contributed by atoms with Crippen LogP contribution in [0.2, 0.25) is 0 Å². The molecule has 3 rings (SSSR count). The van der Waals surface area contributed by atoms with Gasteiger partial charge in [0.05, 0.1) is 12.1 Å². The van der Waals surface area contributed by atoms with Crippen LogP contribution in [-0.4, -0.2) is 60.0 Å². The number of ether oxygens (including phenoxy) is 1. The van der Waals surface area contributed by atoms with Gasteiger partial charge in [0.2, 0.25) is 0 Å². The second-order valence-corrected chi connectivity index (χ2v) is 8.80. The van der Waals surface area contributed by atoms with Crippen LogP contribution in [0, 0.1) is 17.8 Å². The summed E-state index contributed by atoms with van der Waals surface area (Å²) in [6, 6.07) is 0. The van der Waals surface area contributed by atoms with Gasteiger partial charge in [-0.15, -0.1) is 5.10 Å². The van der Waals surface area contributed by atoms with Crippen molar-refractivity contribution in [3.8, 4) is 0 Å². The Kier molecular flexibility index (Phi) is 4.37. The van der Waals surface area contributed by atoms with Gasteiger partial charge in [0.1, 0.15) is 16.2 Å². The van der Waals surface area contributed by atoms with Crippen molar-refractivity contribution < 1.29 is 29.3 Å². The molecular formula is C15H20N4O6S. The fraction of sp³-hybridized carbons (Fsp3) is 0.667. The molecule has 10 nitrogen and oxygen atoms in total. The Bertz CT molecular complexity index is 733. The van der Waals surface area contributed by atoms with Gasteiger partial charge in [-0.25, -0.2) is 9.59 Å². The van der Waals surface area contributed by atoms with Crippen molar-refractivity contribution in [1.82, 2.24) is 20.7 Å². The van der Waals surface area contributed by atoms with E-state index in [0.29, 0.717) is 5.03 Å². The molecule has 0 unspecified atom stereocenters. The number of aromatic nitrogens is 3. The molecule has 1 heterocycles. The third-order valence-electron chi connectivity index (χ3n) is 4.65. The molecule has 0 aliphatic heterocycles. The van der Waals surface area contributed by atoms with E-state index < -0.39 is 41.0 Å². The first-order valence-electron chi connectivity index (χ1n) is 8.05. The zero-order valence-electron chi connectivity index (χ0n) is 14.4. The van der Waals surface area contributed by atoms with Crippen molar-refractivity contribution in [2.75, 3.05) is 0 Å². The smallest absolute Gasteiger partial charge is 0.408 e. The normalized spacial score (nSPS) is 32.6. The summed E-state index contributed by atoms with van der Waals surface area (Å²) in [5.74, 6) is -4.23. The number of carbonyl (C=O) groups is 3. The first-order valence-corrected chi connectivity index (χ1v) is 8.93. The number of aromatic amines is 1. The maximum absolute atomic E-state index is 12.2. The Balaban J connectivity index is 1.85. The molecular weight excluding hydrogens is 364 g/mol. The zero-order chi connectivity index (χ0) is 19.3. The number of nitrogens with one attached hydrogen (secondary N) is 2. The largest absolute Gasteiger partial charge is 0.481 e. The highest BCUT2D eigenvalue weighted by Crippen LogP contribution is 2.66. The molecule has 2 aliphatic carbocycles. The van der Waals surface area contributed by atoms with Gasteiger partial charge < -0.3 is 20.3 Å². The van der Waals surface area contributed by atoms with E-state index in [1.54, 1.807) is 20.8 Å². The molecule has 2 aliphatic rings. The lowest BCUT2D eigenvalue weighted by molar-refractivity contribution is -0.147. The second-order valence-electron chi connectivity index (χ2n) is 7.54. The fourth-order valence-corrected chi connectivity index (χ4v) is 5.13. The Morgan fingerprint density at radius 1 is 1.38 bits per heavy atom. The van der Waals surface area contributed by atoms with Crippen molar-refractivity contribution in [3.63, 3.8) is 0 Å². The van der Waals surface area contributed by atoms with E-state index >= 15 is 0 Å². The summed E-state index contributed by atoms with van der Waals surface area (Å²) in [5.41, 5.74) is -2.48. The lowest BCUT2D eigenvalue weighted by Crippen LogP contribution is -2.57. The molecule has 0 saturated heterocycles. The molecule has 5 atom stereocenters. The Labute approximate surface area is 153 Å². The van der Waals surface area contributed by atoms with Crippen molar-refractivity contribution in [1.29, 1.82) is 0 Å². The van der Waals surface area contributed by atoms with Crippen LogP contribution in [0.25, 0.3) is 0 Å². The summed E-state index contributed by atoms with van der Waals surface area (Å²) < 4.78 is 5.18. The number of nitrogens with zero attached hydrogens (tertiary/aromatic N) is 2. The molecule has 1 aromatic rings. The maximum Gasteiger partial charge on any atom is 0.408 e. The first kappa shape index (κ1) is 18.5. The van der Waals surface area contributed by atoms with Crippen LogP contribution in [0.5, 0.6) is 0 Å². The molecule has 0 spiro atoms. The van der Waals surface area contributed by atoms with Gasteiger partial charge in [0.15, 0.2) is 0 Å². The van der Waals surface area contributed by atoms with E-state index in [1.165, 1.54) is 18.0 Å². The fourth-order valence-electron chi connectivity index (χ4n) is 3.77. The highest BCUT2D eigenvalue weighted by atomic mass is 32.2. The number of carbonyl (C=O) groups excluding carboxylic acids is 1. The summed E-state index contributed by atoms with van der Waals surface area (Å²) in [4.78, 5) is 35.8. The summed E-state index contributed by atoms with van der Waals surface area (Å²) in [6.07, 6.45) is 0.694. The predicted molar refractivity (Wildman–Crippen MR) is 88.5 cm³/mol. The van der Waals surface area contributed by atoms with Gasteiger partial charge in [-0.1, -0.05) is 11.8 Å². The number of fused-ring (bicyclic) bond motifs is 1. The number of thioether (sulfide) groups is 1. The quantitative estimate of drug-likeness (QED) is 0.581. The molecule has 26 heavy (non-hydrogen) atoms. The van der Waals surface area contributed by atoms with Gasteiger partial charge in [0, 0.05) is 11.2 Å². The molecule has 1 aromatic heterocycles. The van der Waals surface area contributed by atoms with Crippen molar-refractivity contribution >= 4 is 29.8 Å². The summed E-state index contributed by atoms with van der Waals surface area (Å²) >= 11 is 1.27. The van der Waals surface area contributed by atoms with Gasteiger partial charge in [0.25, 0.3) is 0 Å². The van der Waals surface area contributed by atoms with Crippen molar-refractivity contribution in [3.05, 3.63) is 6.20 Å². The molecule has 2 saturated carbocycles. The average Bonchev–Trinajstić information content (AvgIpc) is 2.89. The SMILES string of the molecule is CC(C)(C)OC(=O)N[C@@]1(C(=O)O)C[C@@H](Sc2cn[nH]n2)[C@H]2[C@H](C(=O)O)[C@H]21. The number of carboxylic acids is 2. The first-order chi connectivity index (χ1) is 12.0. The maximum atomic E-state index is 12.2. The number of amides is 1. The molecule has 0 radical (unpaired) electrons. The standard InChI is InChI=1S/C15H20N4O6S/c1-14(2,3)25-13(24)17-15(12(22)23)4-6(26-7-5-16-19-18-7)8-9(10(8)15)11(20)21/h5-6,8-10H,4H2,1-3H3,(H,17,24)(H,20,21)(H,22,23)(H,16,18,19)/t6-,8+,9+,10+,15+/m1/s1. The summed E-state index contributed by atoms with van der Waals surface area (Å²) in [7, 11) is 0. The van der Waals surface area contributed by atoms with Gasteiger partial charge in [-0.05, 0) is 33.1 Å². The molecule has 0 aromatic carbocycles. The minimum atomic E-state index is -1.68. The lowest BCUT2D eigenvalue weighted by atomic mass is 9.90. The molecule has 0 bridgehead atoms. The predicted octanol–water partition coefficient (Wildman–Crippen LogP) is 0.964. The Hall–Kier alpha value is -2.30. The Morgan fingerprint density at radius 2 is 2.08 bits per heavy atom. The third-order valence-corrected chi connectivity index (χ3v) is 5.87. The molecule has 2 fully saturated rings. The number of hydrogen-bond donors (Lipinski definition) is 4. The Morgan fingerprint density at radius 3 is 2.58 bits per heavy atom. The minimum absolute atomic E-state index is 0.0816. The monoisotopic (exact) mass is 384 g/mol. The van der Waals surface area contributed by atoms with Gasteiger partial charge >= 0.3 is 18.0 Å². The van der Waals surface area contributed by atoms with E-state index in [2.05, 4.69) is 20.7 Å². The van der Waals surface area contributed by atoms with E-state index in [9.17, 15) is 24.6 Å². The van der Waals surface area contributed by atoms with E-state index in [4.69, 9.17) is 4.74 Å². The third kappa shape index (κ3) is 3.22. The summed E-state index contributed by atoms with van der Waals surface area (Å²) in [5, 5.41) is 32.1. The number of H-pyrrole nitrogens is 1. The zero-order valence-corrected chi connectivity index (χ0v) is 15.2. The van der Waals surface area contributed by atoms with Crippen LogP contribution >= 0.6 is 11.8 Å². The van der Waals surface area contributed by atoms with Crippen LogP contribution < -0.4 is 5.32 Å². The van der Waals surface area contributed by atoms with Crippen molar-refractivity contribution in [2.45, 2.75) is 48.6 Å². The average molecular weight is 384 g/mol. The van der Waals surface area contributed by atoms with E-state index in [1.807, 2.05) is 0 Å². The van der Waals surface area contributed by atoms with Crippen LogP contribution in [0.3, 0.4) is 0 Å². The summed E-state index contributed by atoms with van der Waals surface area (Å²) in [6.45, 7) is 4.99. The van der Waals surface area contributed by atoms with Crippen LogP contribution in [0.1, 0.15) is 27.2 Å². The topological polar surface area (TPSA) is 154 Å². The molecule has 11 heteroatoms. The highest BCUT2D eigenvalue weighted by Gasteiger charge is 2.76. The number of aliphatic carboxylic acids is 2. The molecule has 142 valence electrons.